The van der Waals surface area contributed by atoms with Gasteiger partial charge in [-0.3, -0.25) is 9.59 Å². The molecule has 0 saturated heterocycles. The minimum Gasteiger partial charge on any atom is -0.493 e. The first-order chi connectivity index (χ1) is 9.49. The number of aliphatic carboxylic acids is 1. The van der Waals surface area contributed by atoms with Crippen LogP contribution >= 0.6 is 0 Å². The summed E-state index contributed by atoms with van der Waals surface area (Å²) < 4.78 is 15.4. The first kappa shape index (κ1) is 15.8. The summed E-state index contributed by atoms with van der Waals surface area (Å²) in [6.45, 7) is 1.65. The highest BCUT2D eigenvalue weighted by Crippen LogP contribution is 2.38. The summed E-state index contributed by atoms with van der Waals surface area (Å²) in [5.74, 6) is -1.73. The summed E-state index contributed by atoms with van der Waals surface area (Å²) >= 11 is 0. The van der Waals surface area contributed by atoms with Gasteiger partial charge in [-0.2, -0.15) is 0 Å². The second-order valence-electron chi connectivity index (χ2n) is 4.08. The highest BCUT2D eigenvalue weighted by atomic mass is 16.5. The Morgan fingerprint density at radius 3 is 1.90 bits per heavy atom. The van der Waals surface area contributed by atoms with Gasteiger partial charge in [-0.05, 0) is 18.6 Å². The van der Waals surface area contributed by atoms with Gasteiger partial charge >= 0.3 is 5.97 Å². The van der Waals surface area contributed by atoms with Gasteiger partial charge in [-0.25, -0.2) is 0 Å². The molecule has 0 amide bonds. The van der Waals surface area contributed by atoms with Crippen molar-refractivity contribution in [2.75, 3.05) is 21.3 Å². The molecule has 6 nitrogen and oxygen atoms in total. The molecule has 0 aliphatic heterocycles. The summed E-state index contributed by atoms with van der Waals surface area (Å²) in [5.41, 5.74) is 0.216. The van der Waals surface area contributed by atoms with Gasteiger partial charge in [0, 0.05) is 5.56 Å². The maximum absolute atomic E-state index is 12.2. The van der Waals surface area contributed by atoms with Crippen molar-refractivity contribution in [2.24, 2.45) is 5.92 Å². The Labute approximate surface area is 117 Å². The normalized spacial score (nSPS) is 11.6. The number of hydrogen-bond acceptors (Lipinski definition) is 5. The maximum atomic E-state index is 12.2. The minimum absolute atomic E-state index is 0.213. The van der Waals surface area contributed by atoms with E-state index in [9.17, 15) is 9.59 Å². The summed E-state index contributed by atoms with van der Waals surface area (Å²) in [7, 11) is 4.31. The summed E-state index contributed by atoms with van der Waals surface area (Å²) in [6, 6.07) is 2.91. The predicted molar refractivity (Wildman–Crippen MR) is 71.8 cm³/mol. The van der Waals surface area contributed by atoms with Crippen molar-refractivity contribution in [2.45, 2.75) is 13.3 Å². The lowest BCUT2D eigenvalue weighted by molar-refractivity contribution is -0.140. The van der Waals surface area contributed by atoms with E-state index >= 15 is 0 Å². The molecular formula is C14H18O6. The average molecular weight is 282 g/mol. The van der Waals surface area contributed by atoms with Gasteiger partial charge in [0.2, 0.25) is 5.75 Å². The number of carboxylic acids is 1. The highest BCUT2D eigenvalue weighted by molar-refractivity contribution is 6.08. The van der Waals surface area contributed by atoms with E-state index in [0.717, 1.165) is 0 Å². The lowest BCUT2D eigenvalue weighted by Gasteiger charge is -2.15. The molecule has 0 fully saturated rings. The molecule has 110 valence electrons. The van der Waals surface area contributed by atoms with Crippen molar-refractivity contribution < 1.29 is 28.9 Å². The summed E-state index contributed by atoms with van der Waals surface area (Å²) in [6.07, 6.45) is 0.213. The molecule has 1 aromatic rings. The van der Waals surface area contributed by atoms with Crippen LogP contribution in [0.2, 0.25) is 0 Å². The van der Waals surface area contributed by atoms with E-state index in [0.29, 0.717) is 17.2 Å². The van der Waals surface area contributed by atoms with Gasteiger partial charge in [-0.15, -0.1) is 0 Å². The van der Waals surface area contributed by atoms with Crippen LogP contribution in [0.15, 0.2) is 12.1 Å². The molecular weight excluding hydrogens is 264 g/mol. The third-order valence-electron chi connectivity index (χ3n) is 2.97. The number of rotatable bonds is 7. The Morgan fingerprint density at radius 1 is 1.10 bits per heavy atom. The fourth-order valence-electron chi connectivity index (χ4n) is 1.90. The van der Waals surface area contributed by atoms with Crippen LogP contribution < -0.4 is 14.2 Å². The van der Waals surface area contributed by atoms with Crippen molar-refractivity contribution in [3.63, 3.8) is 0 Å². The van der Waals surface area contributed by atoms with Crippen LogP contribution in [0.1, 0.15) is 23.7 Å². The number of hydrogen-bond donors (Lipinski definition) is 1. The standard InChI is InChI=1S/C14H18O6/c1-5-9(14(16)17)12(15)8-6-10(18-2)13(20-4)11(7-8)19-3/h6-7,9H,5H2,1-4H3,(H,16,17)/t9-/m0/s1. The number of methoxy groups -OCH3 is 3. The number of carboxylic acid groups (broad SMARTS) is 1. The average Bonchev–Trinajstić information content (AvgIpc) is 2.45. The molecule has 0 radical (unpaired) electrons. The van der Waals surface area contributed by atoms with Crippen LogP contribution in [0.3, 0.4) is 0 Å². The first-order valence-corrected chi connectivity index (χ1v) is 6.07. The van der Waals surface area contributed by atoms with Gasteiger partial charge < -0.3 is 19.3 Å². The van der Waals surface area contributed by atoms with Gasteiger partial charge in [-0.1, -0.05) is 6.92 Å². The van der Waals surface area contributed by atoms with Gasteiger partial charge in [0.05, 0.1) is 21.3 Å². The molecule has 0 aliphatic carbocycles. The molecule has 0 unspecified atom stereocenters. The molecule has 0 bridgehead atoms. The largest absolute Gasteiger partial charge is 0.493 e. The van der Waals surface area contributed by atoms with Crippen LogP contribution in [-0.2, 0) is 4.79 Å². The van der Waals surface area contributed by atoms with Crippen LogP contribution in [0.4, 0.5) is 0 Å². The Hall–Kier alpha value is -2.24. The number of ether oxygens (including phenoxy) is 3. The Kier molecular flexibility index (Phi) is 5.37. The van der Waals surface area contributed by atoms with Crippen molar-refractivity contribution >= 4 is 11.8 Å². The van der Waals surface area contributed by atoms with Crippen LogP contribution in [0.5, 0.6) is 17.2 Å². The summed E-state index contributed by atoms with van der Waals surface area (Å²) in [4.78, 5) is 23.3. The molecule has 1 aromatic carbocycles. The zero-order valence-electron chi connectivity index (χ0n) is 11.9. The lowest BCUT2D eigenvalue weighted by Crippen LogP contribution is -2.23. The number of benzene rings is 1. The van der Waals surface area contributed by atoms with Crippen LogP contribution in [-0.4, -0.2) is 38.2 Å². The van der Waals surface area contributed by atoms with E-state index in [1.165, 1.54) is 33.5 Å². The second kappa shape index (κ2) is 6.79. The topological polar surface area (TPSA) is 82.1 Å². The Bertz CT molecular complexity index is 483. The zero-order valence-corrected chi connectivity index (χ0v) is 11.9. The third kappa shape index (κ3) is 3.01. The van der Waals surface area contributed by atoms with E-state index < -0.39 is 17.7 Å². The molecule has 0 heterocycles. The number of carbonyl (C=O) groups excluding carboxylic acids is 1. The summed E-state index contributed by atoms with van der Waals surface area (Å²) in [5, 5.41) is 9.05. The Morgan fingerprint density at radius 2 is 1.60 bits per heavy atom. The molecule has 1 atom stereocenters. The van der Waals surface area contributed by atoms with Gasteiger partial charge in [0.1, 0.15) is 5.92 Å². The Balaban J connectivity index is 3.32. The molecule has 6 heteroatoms. The molecule has 1 N–H and O–H groups in total. The molecule has 0 aromatic heterocycles. The van der Waals surface area contributed by atoms with Gasteiger partial charge in [0.25, 0.3) is 0 Å². The molecule has 0 saturated carbocycles. The number of Topliss-reactive ketones (excluding diaryl/α,β-unsaturated/α-hetero) is 1. The SMILES string of the molecule is CC[C@H](C(=O)O)C(=O)c1cc(OC)c(OC)c(OC)c1. The monoisotopic (exact) mass is 282 g/mol. The third-order valence-corrected chi connectivity index (χ3v) is 2.97. The van der Waals surface area contributed by atoms with E-state index in [1.54, 1.807) is 6.92 Å². The maximum Gasteiger partial charge on any atom is 0.314 e. The fraction of sp³-hybridized carbons (Fsp3) is 0.429. The minimum atomic E-state index is -1.15. The van der Waals surface area contributed by atoms with Crippen molar-refractivity contribution in [3.8, 4) is 17.2 Å². The molecule has 1 rings (SSSR count). The van der Waals surface area contributed by atoms with Gasteiger partial charge in [0.15, 0.2) is 17.3 Å². The number of carbonyl (C=O) groups is 2. The van der Waals surface area contributed by atoms with E-state index in [2.05, 4.69) is 0 Å². The number of ketones is 1. The van der Waals surface area contributed by atoms with E-state index in [1.807, 2.05) is 0 Å². The zero-order chi connectivity index (χ0) is 15.3. The fourth-order valence-corrected chi connectivity index (χ4v) is 1.90. The second-order valence-corrected chi connectivity index (χ2v) is 4.08. The first-order valence-electron chi connectivity index (χ1n) is 6.07. The van der Waals surface area contributed by atoms with Crippen molar-refractivity contribution in [3.05, 3.63) is 17.7 Å². The van der Waals surface area contributed by atoms with Crippen LogP contribution in [0, 0.1) is 5.92 Å². The van der Waals surface area contributed by atoms with Crippen molar-refractivity contribution in [1.82, 2.24) is 0 Å². The van der Waals surface area contributed by atoms with Crippen molar-refractivity contribution in [1.29, 1.82) is 0 Å². The van der Waals surface area contributed by atoms with E-state index in [-0.39, 0.29) is 12.0 Å². The molecule has 20 heavy (non-hydrogen) atoms. The predicted octanol–water partition coefficient (Wildman–Crippen LogP) is 2.01. The molecule has 0 aliphatic rings. The smallest absolute Gasteiger partial charge is 0.314 e. The van der Waals surface area contributed by atoms with Crippen LogP contribution in [0.25, 0.3) is 0 Å². The highest BCUT2D eigenvalue weighted by Gasteiger charge is 2.27. The quantitative estimate of drug-likeness (QED) is 0.608. The van der Waals surface area contributed by atoms with E-state index in [4.69, 9.17) is 19.3 Å². The lowest BCUT2D eigenvalue weighted by atomic mass is 9.95. The molecule has 0 spiro atoms.